The fourth-order valence-corrected chi connectivity index (χ4v) is 4.26. The number of halogens is 2. The maximum atomic E-state index is 12.9. The van der Waals surface area contributed by atoms with Gasteiger partial charge in [-0.25, -0.2) is 4.79 Å². The number of hydrogen-bond acceptors (Lipinski definition) is 6. The van der Waals surface area contributed by atoms with Gasteiger partial charge < -0.3 is 36.8 Å². The summed E-state index contributed by atoms with van der Waals surface area (Å²) >= 11 is 12.7. The van der Waals surface area contributed by atoms with E-state index in [1.54, 1.807) is 43.5 Å². The Kier molecular flexibility index (Phi) is 10.5. The highest BCUT2D eigenvalue weighted by atomic mass is 35.5. The molecule has 0 saturated carbocycles. The fourth-order valence-electron chi connectivity index (χ4n) is 3.61. The first-order chi connectivity index (χ1) is 19.5. The number of anilines is 1. The predicted molar refractivity (Wildman–Crippen MR) is 155 cm³/mol. The lowest BCUT2D eigenvalue weighted by molar-refractivity contribution is -0.139. The van der Waals surface area contributed by atoms with E-state index in [0.717, 1.165) is 5.56 Å². The normalized spacial score (nSPS) is 11.1. The van der Waals surface area contributed by atoms with Crippen molar-refractivity contribution in [1.82, 2.24) is 16.0 Å². The van der Waals surface area contributed by atoms with Gasteiger partial charge in [0.25, 0.3) is 11.8 Å². The lowest BCUT2D eigenvalue weighted by Crippen LogP contribution is -2.50. The molecule has 3 aromatic rings. The summed E-state index contributed by atoms with van der Waals surface area (Å²) in [6.45, 7) is -0.944. The molecule has 0 aliphatic heterocycles. The quantitative estimate of drug-likeness (QED) is 0.129. The van der Waals surface area contributed by atoms with Gasteiger partial charge in [-0.15, -0.1) is 0 Å². The molecule has 0 fully saturated rings. The fraction of sp³-hybridized carbons (Fsp3) is 0.148. The number of carboxylic acid groups (broad SMARTS) is 1. The minimum Gasteiger partial charge on any atom is -0.497 e. The van der Waals surface area contributed by atoms with Crippen LogP contribution in [0.2, 0.25) is 10.0 Å². The third-order valence-electron chi connectivity index (χ3n) is 5.61. The molecule has 214 valence electrons. The highest BCUT2D eigenvalue weighted by Crippen LogP contribution is 2.32. The Morgan fingerprint density at radius 1 is 0.951 bits per heavy atom. The first kappa shape index (κ1) is 30.7. The second-order valence-corrected chi connectivity index (χ2v) is 9.33. The van der Waals surface area contributed by atoms with Gasteiger partial charge in [0.15, 0.2) is 5.96 Å². The number of rotatable bonds is 11. The number of nitrogens with one attached hydrogen (secondary N) is 5. The van der Waals surface area contributed by atoms with Gasteiger partial charge in [-0.3, -0.25) is 19.8 Å². The van der Waals surface area contributed by atoms with Gasteiger partial charge in [0.1, 0.15) is 11.8 Å². The average molecular weight is 601 g/mol. The zero-order valence-corrected chi connectivity index (χ0v) is 23.1. The SMILES string of the molecule is COc1ccc(-c2cc(Cl)c(C(=O)N[C@@H](CNC(=O)CNC(=O)c3cccc(NC(=N)N)c3)C(=O)O)c(Cl)c2)cc1. The minimum atomic E-state index is -1.52. The zero-order valence-electron chi connectivity index (χ0n) is 21.6. The lowest BCUT2D eigenvalue weighted by atomic mass is 10.0. The van der Waals surface area contributed by atoms with Crippen LogP contribution in [0.5, 0.6) is 5.75 Å². The number of carbonyl (C=O) groups is 4. The molecule has 0 heterocycles. The molecule has 12 nitrogen and oxygen atoms in total. The Labute approximate surface area is 244 Å². The number of carbonyl (C=O) groups excluding carboxylic acids is 3. The van der Waals surface area contributed by atoms with Gasteiger partial charge in [0.2, 0.25) is 5.91 Å². The largest absolute Gasteiger partial charge is 0.497 e. The van der Waals surface area contributed by atoms with E-state index in [1.165, 1.54) is 24.3 Å². The maximum Gasteiger partial charge on any atom is 0.328 e. The molecule has 41 heavy (non-hydrogen) atoms. The molecule has 0 spiro atoms. The van der Waals surface area contributed by atoms with Crippen LogP contribution in [0.4, 0.5) is 5.69 Å². The van der Waals surface area contributed by atoms with Crippen molar-refractivity contribution in [3.05, 3.63) is 81.8 Å². The van der Waals surface area contributed by atoms with Crippen LogP contribution in [0.15, 0.2) is 60.7 Å². The molecule has 0 bridgehead atoms. The van der Waals surface area contributed by atoms with E-state index in [9.17, 15) is 24.3 Å². The van der Waals surface area contributed by atoms with Crippen LogP contribution in [-0.4, -0.2) is 61.0 Å². The summed E-state index contributed by atoms with van der Waals surface area (Å²) in [5, 5.41) is 26.4. The number of guanidine groups is 1. The summed E-state index contributed by atoms with van der Waals surface area (Å²) in [6.07, 6.45) is 0. The minimum absolute atomic E-state index is 0.000669. The van der Waals surface area contributed by atoms with Gasteiger partial charge in [0.05, 0.1) is 29.3 Å². The van der Waals surface area contributed by atoms with Gasteiger partial charge in [-0.05, 0) is 53.6 Å². The molecule has 3 aromatic carbocycles. The first-order valence-corrected chi connectivity index (χ1v) is 12.7. The van der Waals surface area contributed by atoms with Crippen molar-refractivity contribution in [2.45, 2.75) is 6.04 Å². The van der Waals surface area contributed by atoms with Crippen molar-refractivity contribution < 1.29 is 29.0 Å². The van der Waals surface area contributed by atoms with Crippen LogP contribution in [0.1, 0.15) is 20.7 Å². The topological polar surface area (TPSA) is 196 Å². The molecule has 0 aliphatic rings. The lowest BCUT2D eigenvalue weighted by Gasteiger charge is -2.17. The molecule has 0 saturated heterocycles. The summed E-state index contributed by atoms with van der Waals surface area (Å²) < 4.78 is 5.14. The predicted octanol–water partition coefficient (Wildman–Crippen LogP) is 2.70. The van der Waals surface area contributed by atoms with E-state index in [2.05, 4.69) is 21.3 Å². The molecule has 8 N–H and O–H groups in total. The smallest absolute Gasteiger partial charge is 0.328 e. The second kappa shape index (κ2) is 14.0. The molecule has 14 heteroatoms. The third kappa shape index (κ3) is 8.59. The third-order valence-corrected chi connectivity index (χ3v) is 6.21. The number of methoxy groups -OCH3 is 1. The number of ether oxygens (including phenoxy) is 1. The van der Waals surface area contributed by atoms with Crippen molar-refractivity contribution in [2.24, 2.45) is 5.73 Å². The molecule has 0 aliphatic carbocycles. The number of benzene rings is 3. The van der Waals surface area contributed by atoms with E-state index in [0.29, 0.717) is 17.0 Å². The second-order valence-electron chi connectivity index (χ2n) is 8.51. The summed E-state index contributed by atoms with van der Waals surface area (Å²) in [5.41, 5.74) is 7.15. The van der Waals surface area contributed by atoms with Gasteiger partial charge in [0, 0.05) is 17.8 Å². The molecular weight excluding hydrogens is 575 g/mol. The average Bonchev–Trinajstić information content (AvgIpc) is 2.93. The van der Waals surface area contributed by atoms with E-state index < -0.39 is 42.8 Å². The summed E-state index contributed by atoms with van der Waals surface area (Å²) in [6, 6.07) is 14.7. The van der Waals surface area contributed by atoms with Crippen LogP contribution in [0, 0.1) is 5.41 Å². The molecular formula is C27H26Cl2N6O6. The highest BCUT2D eigenvalue weighted by molar-refractivity contribution is 6.40. The van der Waals surface area contributed by atoms with Gasteiger partial charge >= 0.3 is 5.97 Å². The van der Waals surface area contributed by atoms with Crippen molar-refractivity contribution in [3.8, 4) is 16.9 Å². The Hall–Kier alpha value is -4.81. The number of carboxylic acids is 1. The molecule has 0 radical (unpaired) electrons. The number of nitrogens with two attached hydrogens (primary N) is 1. The van der Waals surface area contributed by atoms with Crippen molar-refractivity contribution in [2.75, 3.05) is 25.5 Å². The van der Waals surface area contributed by atoms with Crippen LogP contribution in [0.25, 0.3) is 11.1 Å². The molecule has 3 rings (SSSR count). The van der Waals surface area contributed by atoms with Crippen molar-refractivity contribution in [1.29, 1.82) is 5.41 Å². The Morgan fingerprint density at radius 2 is 1.61 bits per heavy atom. The van der Waals surface area contributed by atoms with Crippen molar-refractivity contribution in [3.63, 3.8) is 0 Å². The highest BCUT2D eigenvalue weighted by Gasteiger charge is 2.25. The standard InChI is InChI=1S/C27H26Cl2N6O6/c1-41-18-7-5-14(6-8-18)16-10-19(28)23(20(29)11-16)25(38)35-21(26(39)40)12-32-22(36)13-33-24(37)15-3-2-4-17(9-15)34-27(30)31/h2-11,21H,12-13H2,1H3,(H,32,36)(H,33,37)(H,35,38)(H,39,40)(H4,30,31,34)/t21-/m0/s1. The molecule has 0 aromatic heterocycles. The Balaban J connectivity index is 1.59. The summed E-state index contributed by atoms with van der Waals surface area (Å²) in [4.78, 5) is 49.3. The Morgan fingerprint density at radius 3 is 2.20 bits per heavy atom. The number of aliphatic carboxylic acids is 1. The number of amides is 3. The van der Waals surface area contributed by atoms with E-state index in [-0.39, 0.29) is 27.1 Å². The Bertz CT molecular complexity index is 1460. The van der Waals surface area contributed by atoms with Crippen LogP contribution in [0.3, 0.4) is 0 Å². The monoisotopic (exact) mass is 600 g/mol. The van der Waals surface area contributed by atoms with Gasteiger partial charge in [-0.1, -0.05) is 41.4 Å². The van der Waals surface area contributed by atoms with Gasteiger partial charge in [-0.2, -0.15) is 0 Å². The summed E-state index contributed by atoms with van der Waals surface area (Å²) in [7, 11) is 1.54. The summed E-state index contributed by atoms with van der Waals surface area (Å²) in [5.74, 6) is -3.20. The van der Waals surface area contributed by atoms with Crippen LogP contribution < -0.4 is 31.7 Å². The van der Waals surface area contributed by atoms with E-state index in [4.69, 9.17) is 39.1 Å². The molecule has 3 amide bonds. The van der Waals surface area contributed by atoms with Crippen LogP contribution in [-0.2, 0) is 9.59 Å². The van der Waals surface area contributed by atoms with Crippen LogP contribution >= 0.6 is 23.2 Å². The molecule has 1 atom stereocenters. The maximum absolute atomic E-state index is 12.9. The van der Waals surface area contributed by atoms with E-state index >= 15 is 0 Å². The van der Waals surface area contributed by atoms with E-state index in [1.807, 2.05) is 0 Å². The number of hydrogen-bond donors (Lipinski definition) is 7. The zero-order chi connectivity index (χ0) is 30.1. The van der Waals surface area contributed by atoms with Crippen molar-refractivity contribution >= 4 is 58.5 Å². The first-order valence-electron chi connectivity index (χ1n) is 11.9. The molecule has 0 unspecified atom stereocenters.